The smallest absolute Gasteiger partial charge is 0.192 e. The molecule has 0 bridgehead atoms. The lowest BCUT2D eigenvalue weighted by Crippen LogP contribution is -1.92. The molecule has 0 fully saturated rings. The normalized spacial score (nSPS) is 9.00. The third-order valence-electron chi connectivity index (χ3n) is 1.03. The predicted molar refractivity (Wildman–Crippen MR) is 34.0 cm³/mol. The fourth-order valence-corrected chi connectivity index (χ4v) is 0.561. The van der Waals surface area contributed by atoms with Crippen molar-refractivity contribution in [1.82, 2.24) is 10.2 Å². The van der Waals surface area contributed by atoms with Gasteiger partial charge in [-0.05, 0) is 0 Å². The zero-order valence-electron chi connectivity index (χ0n) is 5.79. The average Bonchev–Trinajstić information content (AvgIpc) is 2.04. The third kappa shape index (κ3) is 1.15. The third-order valence-corrected chi connectivity index (χ3v) is 1.03. The van der Waals surface area contributed by atoms with Crippen molar-refractivity contribution in [2.24, 2.45) is 0 Å². The number of aromatic nitrogens is 2. The van der Waals surface area contributed by atoms with Crippen LogP contribution in [-0.4, -0.2) is 24.4 Å². The summed E-state index contributed by atoms with van der Waals surface area (Å²) < 4.78 is 9.73. The Bertz CT molecular complexity index is 192. The number of hydrogen-bond donors (Lipinski definition) is 0. The monoisotopic (exact) mass is 139 g/mol. The Hall–Kier alpha value is -1.32. The van der Waals surface area contributed by atoms with Crippen LogP contribution in [0.5, 0.6) is 11.5 Å². The van der Waals surface area contributed by atoms with Gasteiger partial charge in [0.05, 0.1) is 20.4 Å². The summed E-state index contributed by atoms with van der Waals surface area (Å²) in [5.41, 5.74) is 0. The van der Waals surface area contributed by atoms with Gasteiger partial charge in [-0.1, -0.05) is 0 Å². The zero-order chi connectivity index (χ0) is 7.40. The minimum Gasteiger partial charge on any atom is -0.491 e. The number of hydrogen-bond acceptors (Lipinski definition) is 4. The van der Waals surface area contributed by atoms with Crippen LogP contribution in [0, 0.1) is 6.20 Å². The number of methoxy groups -OCH3 is 2. The summed E-state index contributed by atoms with van der Waals surface area (Å²) in [7, 11) is 3.06. The molecule has 4 heteroatoms. The highest BCUT2D eigenvalue weighted by atomic mass is 16.5. The van der Waals surface area contributed by atoms with Crippen LogP contribution in [0.3, 0.4) is 0 Å². The summed E-state index contributed by atoms with van der Waals surface area (Å²) in [4.78, 5) is 0. The summed E-state index contributed by atoms with van der Waals surface area (Å²) in [6, 6.07) is 0. The lowest BCUT2D eigenvalue weighted by Gasteiger charge is -2.02. The van der Waals surface area contributed by atoms with Gasteiger partial charge in [0.2, 0.25) is 0 Å². The molecule has 0 amide bonds. The minimum atomic E-state index is 0.470. The average molecular weight is 139 g/mol. The van der Waals surface area contributed by atoms with E-state index in [1.807, 2.05) is 0 Å². The van der Waals surface area contributed by atoms with E-state index in [-0.39, 0.29) is 0 Å². The second-order valence-electron chi connectivity index (χ2n) is 1.56. The molecule has 0 unspecified atom stereocenters. The first kappa shape index (κ1) is 6.80. The molecule has 0 aliphatic heterocycles. The maximum absolute atomic E-state index is 4.88. The van der Waals surface area contributed by atoms with E-state index in [0.717, 1.165) is 0 Å². The van der Waals surface area contributed by atoms with Crippen LogP contribution in [-0.2, 0) is 0 Å². The van der Waals surface area contributed by atoms with Crippen LogP contribution in [0.15, 0.2) is 6.20 Å². The van der Waals surface area contributed by atoms with Gasteiger partial charge in [0, 0.05) is 0 Å². The topological polar surface area (TPSA) is 44.2 Å². The molecule has 1 heterocycles. The van der Waals surface area contributed by atoms with E-state index >= 15 is 0 Å². The molecule has 4 nitrogen and oxygen atoms in total. The van der Waals surface area contributed by atoms with Crippen molar-refractivity contribution in [2.45, 2.75) is 0 Å². The number of ether oxygens (including phenoxy) is 2. The Morgan fingerprint density at radius 3 is 2.70 bits per heavy atom. The molecular weight excluding hydrogens is 132 g/mol. The van der Waals surface area contributed by atoms with E-state index in [2.05, 4.69) is 16.4 Å². The van der Waals surface area contributed by atoms with Gasteiger partial charge >= 0.3 is 0 Å². The molecular formula is C6H7N2O2. The van der Waals surface area contributed by atoms with Crippen LogP contribution in [0.2, 0.25) is 0 Å². The standard InChI is InChI=1S/C6H7N2O2/c1-9-5-3-7-8-4-6(5)10-2/h3H,1-2H3. The van der Waals surface area contributed by atoms with Crippen LogP contribution in [0.1, 0.15) is 0 Å². The molecule has 1 aromatic rings. The van der Waals surface area contributed by atoms with Gasteiger partial charge < -0.3 is 9.47 Å². The molecule has 10 heavy (non-hydrogen) atoms. The number of rotatable bonds is 2. The first-order chi connectivity index (χ1) is 4.88. The summed E-state index contributed by atoms with van der Waals surface area (Å²) in [5, 5.41) is 7.04. The van der Waals surface area contributed by atoms with E-state index < -0.39 is 0 Å². The zero-order valence-corrected chi connectivity index (χ0v) is 5.79. The maximum Gasteiger partial charge on any atom is 0.192 e. The molecule has 0 aromatic carbocycles. The molecule has 0 aliphatic carbocycles. The van der Waals surface area contributed by atoms with Crippen LogP contribution in [0.4, 0.5) is 0 Å². The summed E-state index contributed by atoms with van der Waals surface area (Å²) >= 11 is 0. The van der Waals surface area contributed by atoms with Crippen molar-refractivity contribution < 1.29 is 9.47 Å². The fraction of sp³-hybridized carbons (Fsp3) is 0.333. The molecule has 0 saturated heterocycles. The maximum atomic E-state index is 4.88. The van der Waals surface area contributed by atoms with Gasteiger partial charge in [-0.2, -0.15) is 5.10 Å². The second kappa shape index (κ2) is 3.00. The Balaban J connectivity index is 2.96. The first-order valence-corrected chi connectivity index (χ1v) is 2.70. The van der Waals surface area contributed by atoms with Gasteiger partial charge in [-0.15, -0.1) is 5.10 Å². The van der Waals surface area contributed by atoms with E-state index in [4.69, 9.17) is 9.47 Å². The van der Waals surface area contributed by atoms with Crippen LogP contribution in [0.25, 0.3) is 0 Å². The highest BCUT2D eigenvalue weighted by molar-refractivity contribution is 5.32. The largest absolute Gasteiger partial charge is 0.491 e. The quantitative estimate of drug-likeness (QED) is 0.590. The Labute approximate surface area is 58.8 Å². The van der Waals surface area contributed by atoms with E-state index in [1.54, 1.807) is 0 Å². The predicted octanol–water partition coefficient (Wildman–Crippen LogP) is 0.294. The van der Waals surface area contributed by atoms with E-state index in [9.17, 15) is 0 Å². The summed E-state index contributed by atoms with van der Waals surface area (Å²) in [6.45, 7) is 0. The van der Waals surface area contributed by atoms with Gasteiger partial charge in [0.1, 0.15) is 0 Å². The van der Waals surface area contributed by atoms with Gasteiger partial charge in [0.15, 0.2) is 17.7 Å². The SMILES string of the molecule is COc1[c]nncc1OC. The van der Waals surface area contributed by atoms with Crippen LogP contribution < -0.4 is 9.47 Å². The Morgan fingerprint density at radius 1 is 1.40 bits per heavy atom. The molecule has 0 atom stereocenters. The van der Waals surface area contributed by atoms with Gasteiger partial charge in [-0.3, -0.25) is 0 Å². The lowest BCUT2D eigenvalue weighted by atomic mass is 10.5. The van der Waals surface area contributed by atoms with Crippen molar-refractivity contribution in [3.05, 3.63) is 12.4 Å². The first-order valence-electron chi connectivity index (χ1n) is 2.70. The fourth-order valence-electron chi connectivity index (χ4n) is 0.561. The summed E-state index contributed by atoms with van der Waals surface area (Å²) in [6.07, 6.45) is 4.00. The second-order valence-corrected chi connectivity index (χ2v) is 1.56. The molecule has 0 aliphatic rings. The lowest BCUT2D eigenvalue weighted by molar-refractivity contribution is 0.349. The van der Waals surface area contributed by atoms with Crippen molar-refractivity contribution in [3.63, 3.8) is 0 Å². The molecule has 0 saturated carbocycles. The van der Waals surface area contributed by atoms with Gasteiger partial charge in [-0.25, -0.2) is 0 Å². The molecule has 1 rings (SSSR count). The molecule has 0 N–H and O–H groups in total. The Morgan fingerprint density at radius 2 is 2.20 bits per heavy atom. The van der Waals surface area contributed by atoms with Crippen molar-refractivity contribution in [3.8, 4) is 11.5 Å². The highest BCUT2D eigenvalue weighted by Gasteiger charge is 2.00. The van der Waals surface area contributed by atoms with Crippen molar-refractivity contribution in [1.29, 1.82) is 0 Å². The van der Waals surface area contributed by atoms with E-state index in [0.29, 0.717) is 11.5 Å². The molecule has 1 radical (unpaired) electrons. The molecule has 0 spiro atoms. The summed E-state index contributed by atoms with van der Waals surface area (Å²) in [5.74, 6) is 1.01. The minimum absolute atomic E-state index is 0.470. The highest BCUT2D eigenvalue weighted by Crippen LogP contribution is 2.21. The van der Waals surface area contributed by atoms with Gasteiger partial charge in [0.25, 0.3) is 0 Å². The van der Waals surface area contributed by atoms with E-state index in [1.165, 1.54) is 20.4 Å². The Kier molecular flexibility index (Phi) is 2.04. The molecule has 53 valence electrons. The van der Waals surface area contributed by atoms with Crippen molar-refractivity contribution in [2.75, 3.05) is 14.2 Å². The molecule has 1 aromatic heterocycles. The number of nitrogens with zero attached hydrogens (tertiary/aromatic N) is 2. The van der Waals surface area contributed by atoms with Crippen LogP contribution >= 0.6 is 0 Å². The van der Waals surface area contributed by atoms with Crippen molar-refractivity contribution >= 4 is 0 Å².